The van der Waals surface area contributed by atoms with Crippen molar-refractivity contribution in [3.8, 4) is 17.1 Å². The minimum Gasteiger partial charge on any atom is -0.435 e. The molecule has 0 saturated heterocycles. The van der Waals surface area contributed by atoms with Crippen molar-refractivity contribution in [2.75, 3.05) is 0 Å². The molecule has 2 rings (SSSR count). The number of hydrogen-bond donors (Lipinski definition) is 1. The molecular formula is C10H7F2N2O. The summed E-state index contributed by atoms with van der Waals surface area (Å²) in [6.07, 6.45) is 4.13. The van der Waals surface area contributed by atoms with Crippen LogP contribution in [0.25, 0.3) is 11.4 Å². The maximum absolute atomic E-state index is 11.9. The van der Waals surface area contributed by atoms with Crippen LogP contribution < -0.4 is 4.74 Å². The minimum atomic E-state index is -2.82. The smallest absolute Gasteiger partial charge is 0.387 e. The molecule has 77 valence electrons. The Labute approximate surface area is 84.7 Å². The zero-order valence-electron chi connectivity index (χ0n) is 7.58. The molecule has 1 radical (unpaired) electrons. The molecule has 0 saturated carbocycles. The summed E-state index contributed by atoms with van der Waals surface area (Å²) in [5, 5.41) is 0. The van der Waals surface area contributed by atoms with Crippen molar-refractivity contribution in [2.45, 2.75) is 6.61 Å². The molecule has 5 heteroatoms. The van der Waals surface area contributed by atoms with Gasteiger partial charge >= 0.3 is 6.61 Å². The topological polar surface area (TPSA) is 37.9 Å². The number of ether oxygens (including phenoxy) is 1. The molecule has 1 aromatic heterocycles. The Balaban J connectivity index is 2.27. The largest absolute Gasteiger partial charge is 0.435 e. The van der Waals surface area contributed by atoms with E-state index >= 15 is 0 Å². The molecule has 0 bridgehead atoms. The quantitative estimate of drug-likeness (QED) is 0.843. The lowest BCUT2D eigenvalue weighted by Gasteiger charge is -2.05. The molecule has 15 heavy (non-hydrogen) atoms. The van der Waals surface area contributed by atoms with E-state index in [-0.39, 0.29) is 5.75 Å². The maximum atomic E-state index is 11.9. The molecule has 0 aliphatic heterocycles. The summed E-state index contributed by atoms with van der Waals surface area (Å²) in [5.74, 6) is 0.675. The van der Waals surface area contributed by atoms with E-state index in [1.54, 1.807) is 12.1 Å². The second-order valence-corrected chi connectivity index (χ2v) is 2.78. The van der Waals surface area contributed by atoms with E-state index in [1.165, 1.54) is 18.3 Å². The highest BCUT2D eigenvalue weighted by Gasteiger charge is 2.06. The second-order valence-electron chi connectivity index (χ2n) is 2.78. The number of hydrogen-bond acceptors (Lipinski definition) is 2. The third-order valence-electron chi connectivity index (χ3n) is 1.78. The van der Waals surface area contributed by atoms with Gasteiger partial charge < -0.3 is 9.72 Å². The van der Waals surface area contributed by atoms with Gasteiger partial charge in [0.05, 0.1) is 0 Å². The van der Waals surface area contributed by atoms with Crippen LogP contribution in [0.4, 0.5) is 8.78 Å². The van der Waals surface area contributed by atoms with E-state index < -0.39 is 6.61 Å². The van der Waals surface area contributed by atoms with Crippen molar-refractivity contribution in [2.24, 2.45) is 0 Å². The summed E-state index contributed by atoms with van der Waals surface area (Å²) < 4.78 is 28.2. The van der Waals surface area contributed by atoms with Gasteiger partial charge in [-0.2, -0.15) is 8.78 Å². The Hall–Kier alpha value is -1.91. The van der Waals surface area contributed by atoms with Gasteiger partial charge in [-0.15, -0.1) is 0 Å². The van der Waals surface area contributed by atoms with Gasteiger partial charge in [0.2, 0.25) is 0 Å². The van der Waals surface area contributed by atoms with Gasteiger partial charge in [-0.25, -0.2) is 4.98 Å². The van der Waals surface area contributed by atoms with Crippen molar-refractivity contribution < 1.29 is 13.5 Å². The predicted octanol–water partition coefficient (Wildman–Crippen LogP) is 2.48. The Morgan fingerprint density at radius 1 is 1.40 bits per heavy atom. The van der Waals surface area contributed by atoms with Gasteiger partial charge in [0.25, 0.3) is 0 Å². The van der Waals surface area contributed by atoms with Crippen LogP contribution in [0.2, 0.25) is 0 Å². The Bertz CT molecular complexity index is 429. The number of nitrogens with zero attached hydrogens (tertiary/aromatic N) is 1. The van der Waals surface area contributed by atoms with Gasteiger partial charge in [-0.05, 0) is 12.1 Å². The molecule has 0 spiro atoms. The van der Waals surface area contributed by atoms with Gasteiger partial charge in [0, 0.05) is 11.8 Å². The van der Waals surface area contributed by atoms with Crippen LogP contribution in [0.5, 0.6) is 5.75 Å². The van der Waals surface area contributed by atoms with Crippen LogP contribution in [0.1, 0.15) is 0 Å². The highest BCUT2D eigenvalue weighted by atomic mass is 19.3. The molecule has 0 aliphatic rings. The average Bonchev–Trinajstić information content (AvgIpc) is 2.69. The number of aromatic amines is 1. The average molecular weight is 209 g/mol. The molecule has 3 nitrogen and oxygen atoms in total. The normalized spacial score (nSPS) is 10.6. The van der Waals surface area contributed by atoms with Crippen molar-refractivity contribution in [1.82, 2.24) is 9.97 Å². The van der Waals surface area contributed by atoms with Gasteiger partial charge in [-0.3, -0.25) is 0 Å². The molecule has 0 unspecified atom stereocenters. The Kier molecular flexibility index (Phi) is 2.62. The molecule has 1 aromatic carbocycles. The first kappa shape index (κ1) is 9.64. The Morgan fingerprint density at radius 3 is 2.93 bits per heavy atom. The monoisotopic (exact) mass is 209 g/mol. The summed E-state index contributed by atoms with van der Waals surface area (Å²) in [6, 6.07) is 6.31. The maximum Gasteiger partial charge on any atom is 0.387 e. The fraction of sp³-hybridized carbons (Fsp3) is 0.100. The highest BCUT2D eigenvalue weighted by Crippen LogP contribution is 2.21. The third-order valence-corrected chi connectivity index (χ3v) is 1.78. The first-order valence-electron chi connectivity index (χ1n) is 4.22. The van der Waals surface area contributed by atoms with Crippen molar-refractivity contribution in [3.63, 3.8) is 0 Å². The van der Waals surface area contributed by atoms with E-state index in [0.29, 0.717) is 11.4 Å². The molecule has 1 heterocycles. The number of alkyl halides is 2. The lowest BCUT2D eigenvalue weighted by atomic mass is 10.2. The summed E-state index contributed by atoms with van der Waals surface area (Å²) in [5.41, 5.74) is 0.675. The zero-order chi connectivity index (χ0) is 10.7. The number of imidazole rings is 1. The van der Waals surface area contributed by atoms with E-state index in [0.717, 1.165) is 0 Å². The lowest BCUT2D eigenvalue weighted by Crippen LogP contribution is -2.01. The fourth-order valence-electron chi connectivity index (χ4n) is 1.20. The molecule has 2 aromatic rings. The minimum absolute atomic E-state index is 0.110. The molecule has 1 N–H and O–H groups in total. The molecule has 0 fully saturated rings. The molecule has 0 aliphatic carbocycles. The number of benzene rings is 1. The van der Waals surface area contributed by atoms with Gasteiger partial charge in [0.15, 0.2) is 0 Å². The number of nitrogens with one attached hydrogen (secondary N) is 1. The standard InChI is InChI=1S/C10H7F2N2O/c11-10(12)15-8-3-1-2-7(6-8)9-13-4-5-14-9/h1-4,6,10H,(H,13,14). The number of rotatable bonds is 3. The first-order chi connectivity index (χ1) is 7.25. The Morgan fingerprint density at radius 2 is 2.27 bits per heavy atom. The summed E-state index contributed by atoms with van der Waals surface area (Å²) in [6.45, 7) is -2.82. The van der Waals surface area contributed by atoms with Crippen molar-refractivity contribution >= 4 is 0 Å². The van der Waals surface area contributed by atoms with E-state index in [2.05, 4.69) is 20.9 Å². The van der Waals surface area contributed by atoms with Crippen LogP contribution in [-0.4, -0.2) is 16.6 Å². The summed E-state index contributed by atoms with van der Waals surface area (Å²) in [4.78, 5) is 6.71. The second kappa shape index (κ2) is 4.08. The van der Waals surface area contributed by atoms with Crippen LogP contribution >= 0.6 is 0 Å². The molecule has 0 amide bonds. The zero-order valence-corrected chi connectivity index (χ0v) is 7.58. The molecular weight excluding hydrogens is 202 g/mol. The van der Waals surface area contributed by atoms with Crippen molar-refractivity contribution in [1.29, 1.82) is 0 Å². The first-order valence-corrected chi connectivity index (χ1v) is 4.22. The summed E-state index contributed by atoms with van der Waals surface area (Å²) >= 11 is 0. The van der Waals surface area contributed by atoms with Crippen LogP contribution in [-0.2, 0) is 0 Å². The SMILES string of the molecule is FC(F)Oc1cccc(-c2n[c]c[nH]2)c1. The van der Waals surface area contributed by atoms with E-state index in [4.69, 9.17) is 0 Å². The lowest BCUT2D eigenvalue weighted by molar-refractivity contribution is -0.0498. The van der Waals surface area contributed by atoms with E-state index in [9.17, 15) is 8.78 Å². The van der Waals surface area contributed by atoms with E-state index in [1.807, 2.05) is 0 Å². The highest BCUT2D eigenvalue weighted by molar-refractivity contribution is 5.57. The predicted molar refractivity (Wildman–Crippen MR) is 49.5 cm³/mol. The van der Waals surface area contributed by atoms with Crippen LogP contribution in [0.3, 0.4) is 0 Å². The van der Waals surface area contributed by atoms with Crippen molar-refractivity contribution in [3.05, 3.63) is 36.7 Å². The van der Waals surface area contributed by atoms with Gasteiger partial charge in [-0.1, -0.05) is 12.1 Å². The number of halogens is 2. The number of H-pyrrole nitrogens is 1. The number of aromatic nitrogens is 2. The van der Waals surface area contributed by atoms with Crippen LogP contribution in [0, 0.1) is 6.20 Å². The van der Waals surface area contributed by atoms with Gasteiger partial charge in [0.1, 0.15) is 17.8 Å². The third kappa shape index (κ3) is 2.31. The van der Waals surface area contributed by atoms with Crippen LogP contribution in [0.15, 0.2) is 30.5 Å². The fourth-order valence-corrected chi connectivity index (χ4v) is 1.20. The molecule has 0 atom stereocenters. The summed E-state index contributed by atoms with van der Waals surface area (Å²) in [7, 11) is 0.